The van der Waals surface area contributed by atoms with E-state index in [0.717, 1.165) is 32.3 Å². The van der Waals surface area contributed by atoms with Gasteiger partial charge in [-0.1, -0.05) is 24.3 Å². The summed E-state index contributed by atoms with van der Waals surface area (Å²) in [5.41, 5.74) is 4.31. The fourth-order valence-corrected chi connectivity index (χ4v) is 4.45. The minimum absolute atomic E-state index is 0.0668. The van der Waals surface area contributed by atoms with Gasteiger partial charge in [0.15, 0.2) is 0 Å². The number of amides is 1. The zero-order valence-corrected chi connectivity index (χ0v) is 15.5. The van der Waals surface area contributed by atoms with E-state index in [2.05, 4.69) is 10.3 Å². The third-order valence-electron chi connectivity index (χ3n) is 4.82. The lowest BCUT2D eigenvalue weighted by molar-refractivity contribution is 0.0956. The van der Waals surface area contributed by atoms with Gasteiger partial charge < -0.3 is 10.3 Å². The Bertz CT molecular complexity index is 1130. The van der Waals surface area contributed by atoms with Gasteiger partial charge >= 0.3 is 0 Å². The van der Waals surface area contributed by atoms with Crippen LogP contribution in [0.15, 0.2) is 41.8 Å². The Balaban J connectivity index is 1.53. The predicted molar refractivity (Wildman–Crippen MR) is 106 cm³/mol. The second-order valence-corrected chi connectivity index (χ2v) is 7.41. The average Bonchev–Trinajstić information content (AvgIpc) is 3.20. The quantitative estimate of drug-likeness (QED) is 0.518. The van der Waals surface area contributed by atoms with Crippen LogP contribution in [-0.2, 0) is 6.42 Å². The number of aromatic amines is 1. The molecule has 0 aliphatic carbocycles. The highest BCUT2D eigenvalue weighted by Crippen LogP contribution is 2.28. The number of rotatable bonds is 4. The van der Waals surface area contributed by atoms with Crippen LogP contribution in [0.4, 0.5) is 4.39 Å². The smallest absolute Gasteiger partial charge is 0.252 e. The summed E-state index contributed by atoms with van der Waals surface area (Å²) in [5, 5.41) is 6.81. The summed E-state index contributed by atoms with van der Waals surface area (Å²) in [5.74, 6) is -0.309. The van der Waals surface area contributed by atoms with Gasteiger partial charge in [0.05, 0.1) is 11.1 Å². The topological polar surface area (TPSA) is 44.9 Å². The summed E-state index contributed by atoms with van der Waals surface area (Å²) < 4.78 is 15.2. The van der Waals surface area contributed by atoms with Crippen molar-refractivity contribution in [2.24, 2.45) is 0 Å². The molecule has 0 radical (unpaired) electrons. The van der Waals surface area contributed by atoms with Gasteiger partial charge in [-0.3, -0.25) is 4.79 Å². The van der Waals surface area contributed by atoms with E-state index < -0.39 is 0 Å². The highest BCUT2D eigenvalue weighted by atomic mass is 32.1. The molecule has 2 heterocycles. The average molecular weight is 366 g/mol. The number of carbonyl (C=O) groups excluding carboxylic acids is 1. The largest absolute Gasteiger partial charge is 0.356 e. The summed E-state index contributed by atoms with van der Waals surface area (Å²) in [7, 11) is 0. The van der Waals surface area contributed by atoms with E-state index in [1.807, 2.05) is 43.5 Å². The maximum absolute atomic E-state index is 14.0. The van der Waals surface area contributed by atoms with Gasteiger partial charge in [-0.25, -0.2) is 4.39 Å². The van der Waals surface area contributed by atoms with Crippen molar-refractivity contribution in [2.45, 2.75) is 20.3 Å². The molecule has 4 aromatic rings. The minimum Gasteiger partial charge on any atom is -0.356 e. The van der Waals surface area contributed by atoms with Crippen molar-refractivity contribution in [3.63, 3.8) is 0 Å². The van der Waals surface area contributed by atoms with Gasteiger partial charge in [-0.2, -0.15) is 0 Å². The second kappa shape index (κ2) is 6.57. The van der Waals surface area contributed by atoms with E-state index in [1.165, 1.54) is 6.07 Å². The molecule has 0 saturated carbocycles. The first-order chi connectivity index (χ1) is 12.6. The lowest BCUT2D eigenvalue weighted by atomic mass is 10.0. The molecule has 5 heteroatoms. The molecule has 2 aromatic heterocycles. The van der Waals surface area contributed by atoms with Crippen molar-refractivity contribution in [2.75, 3.05) is 6.54 Å². The van der Waals surface area contributed by atoms with E-state index in [-0.39, 0.29) is 11.7 Å². The molecule has 0 fully saturated rings. The van der Waals surface area contributed by atoms with Gasteiger partial charge in [0.1, 0.15) is 5.82 Å². The number of thiophene rings is 1. The number of hydrogen-bond donors (Lipinski definition) is 2. The van der Waals surface area contributed by atoms with Crippen molar-refractivity contribution in [1.82, 2.24) is 10.3 Å². The first-order valence-corrected chi connectivity index (χ1v) is 9.45. The summed E-state index contributed by atoms with van der Waals surface area (Å²) in [6.07, 6.45) is 0.657. The van der Waals surface area contributed by atoms with Crippen LogP contribution in [-0.4, -0.2) is 17.4 Å². The number of aryl methyl sites for hydroxylation is 2. The lowest BCUT2D eigenvalue weighted by Crippen LogP contribution is -2.25. The molecule has 0 atom stereocenters. The molecule has 0 saturated heterocycles. The molecule has 3 nitrogen and oxygen atoms in total. The fraction of sp³-hybridized carbons (Fsp3) is 0.190. The number of fused-ring (bicyclic) bond motifs is 2. The van der Waals surface area contributed by atoms with Crippen LogP contribution in [0.3, 0.4) is 0 Å². The Morgan fingerprint density at radius 1 is 1.19 bits per heavy atom. The molecule has 0 spiro atoms. The molecular weight excluding hydrogens is 347 g/mol. The Morgan fingerprint density at radius 3 is 2.85 bits per heavy atom. The summed E-state index contributed by atoms with van der Waals surface area (Å²) >= 11 is 1.57. The molecule has 0 aliphatic rings. The molecule has 0 aliphatic heterocycles. The van der Waals surface area contributed by atoms with Crippen molar-refractivity contribution >= 4 is 38.2 Å². The SMILES string of the molecule is Cc1[nH]c2c(F)ccc(C)c2c1CCNC(=O)c1csc2ccccc12. The minimum atomic E-state index is -0.242. The molecular formula is C21H19FN2OS. The zero-order chi connectivity index (χ0) is 18.3. The van der Waals surface area contributed by atoms with Crippen molar-refractivity contribution in [1.29, 1.82) is 0 Å². The van der Waals surface area contributed by atoms with Crippen LogP contribution in [0, 0.1) is 19.7 Å². The molecule has 4 rings (SSSR count). The molecule has 0 unspecified atom stereocenters. The van der Waals surface area contributed by atoms with Gasteiger partial charge in [-0.15, -0.1) is 11.3 Å². The monoisotopic (exact) mass is 366 g/mol. The molecule has 1 amide bonds. The van der Waals surface area contributed by atoms with Crippen molar-refractivity contribution < 1.29 is 9.18 Å². The Kier molecular flexibility index (Phi) is 4.24. The first-order valence-electron chi connectivity index (χ1n) is 8.57. The number of carbonyl (C=O) groups is 1. The second-order valence-electron chi connectivity index (χ2n) is 6.49. The number of aromatic nitrogens is 1. The van der Waals surface area contributed by atoms with Gasteiger partial charge in [-0.05, 0) is 43.5 Å². The van der Waals surface area contributed by atoms with Crippen LogP contribution in [0.1, 0.15) is 27.2 Å². The first kappa shape index (κ1) is 16.8. The van der Waals surface area contributed by atoms with Crippen LogP contribution < -0.4 is 5.32 Å². The van der Waals surface area contributed by atoms with Gasteiger partial charge in [0.25, 0.3) is 5.91 Å². The molecule has 0 bridgehead atoms. The van der Waals surface area contributed by atoms with Crippen LogP contribution in [0.25, 0.3) is 21.0 Å². The van der Waals surface area contributed by atoms with E-state index in [4.69, 9.17) is 0 Å². The maximum atomic E-state index is 14.0. The van der Waals surface area contributed by atoms with Gasteiger partial charge in [0, 0.05) is 33.1 Å². The number of nitrogens with one attached hydrogen (secondary N) is 2. The van der Waals surface area contributed by atoms with E-state index in [9.17, 15) is 9.18 Å². The highest BCUT2D eigenvalue weighted by Gasteiger charge is 2.15. The molecule has 132 valence electrons. The van der Waals surface area contributed by atoms with E-state index in [1.54, 1.807) is 17.4 Å². The molecule has 26 heavy (non-hydrogen) atoms. The van der Waals surface area contributed by atoms with E-state index in [0.29, 0.717) is 24.0 Å². The zero-order valence-electron chi connectivity index (χ0n) is 14.7. The predicted octanol–water partition coefficient (Wildman–Crippen LogP) is 5.11. The maximum Gasteiger partial charge on any atom is 0.252 e. The number of H-pyrrole nitrogens is 1. The third-order valence-corrected chi connectivity index (χ3v) is 5.78. The standard InChI is InChI=1S/C21H19FN2OS/c1-12-7-8-17(22)20-19(12)14(13(2)24-20)9-10-23-21(25)16-11-26-18-6-4-3-5-15(16)18/h3-8,11,24H,9-10H2,1-2H3,(H,23,25). The highest BCUT2D eigenvalue weighted by molar-refractivity contribution is 7.17. The number of hydrogen-bond acceptors (Lipinski definition) is 2. The Morgan fingerprint density at radius 2 is 2.00 bits per heavy atom. The van der Waals surface area contributed by atoms with Crippen LogP contribution >= 0.6 is 11.3 Å². The van der Waals surface area contributed by atoms with Crippen LogP contribution in [0.5, 0.6) is 0 Å². The third kappa shape index (κ3) is 2.78. The van der Waals surface area contributed by atoms with E-state index >= 15 is 0 Å². The Labute approximate surface area is 154 Å². The molecule has 2 N–H and O–H groups in total. The summed E-state index contributed by atoms with van der Waals surface area (Å²) in [6.45, 7) is 4.43. The van der Waals surface area contributed by atoms with Gasteiger partial charge in [0.2, 0.25) is 0 Å². The van der Waals surface area contributed by atoms with Crippen molar-refractivity contribution in [3.05, 3.63) is 70.0 Å². The summed E-state index contributed by atoms with van der Waals surface area (Å²) in [4.78, 5) is 15.7. The van der Waals surface area contributed by atoms with Crippen molar-refractivity contribution in [3.8, 4) is 0 Å². The van der Waals surface area contributed by atoms with Crippen LogP contribution in [0.2, 0.25) is 0 Å². The lowest BCUT2D eigenvalue weighted by Gasteiger charge is -2.07. The fourth-order valence-electron chi connectivity index (χ4n) is 3.51. The summed E-state index contributed by atoms with van der Waals surface area (Å²) in [6, 6.07) is 11.2. The molecule has 2 aromatic carbocycles. The number of halogens is 1. The number of benzene rings is 2. The normalized spacial score (nSPS) is 11.3. The Hall–Kier alpha value is -2.66.